The highest BCUT2D eigenvalue weighted by molar-refractivity contribution is 7.95. The second-order valence-electron chi connectivity index (χ2n) is 4.05. The Morgan fingerprint density at radius 3 is 2.79 bits per heavy atom. The number of anilines is 1. The van der Waals surface area contributed by atoms with Gasteiger partial charge in [0.25, 0.3) is 0 Å². The molecule has 0 radical (unpaired) electrons. The average Bonchev–Trinajstić information content (AvgIpc) is 2.69. The predicted octanol–water partition coefficient (Wildman–Crippen LogP) is 1.37. The molecule has 8 heteroatoms. The van der Waals surface area contributed by atoms with Gasteiger partial charge in [0.1, 0.15) is 5.25 Å². The topological polar surface area (TPSA) is 101 Å². The van der Waals surface area contributed by atoms with E-state index in [0.717, 1.165) is 5.52 Å². The van der Waals surface area contributed by atoms with Gasteiger partial charge in [-0.05, 0) is 18.6 Å². The fourth-order valence-electron chi connectivity index (χ4n) is 1.78. The van der Waals surface area contributed by atoms with Crippen LogP contribution in [0.3, 0.4) is 0 Å². The number of thiocarbonyl (C=S) groups is 1. The summed E-state index contributed by atoms with van der Waals surface area (Å²) >= 11 is 4.77. The standard InChI is InChI=1S/C11H14N4O2S2/c1-2-9(10(12)18)19(16,17)15-11-13-7-5-3-4-6-8(7)14-11/h3-6,9H,2H2,1H3,(H2,12,18)(H2,13,14,15). The maximum atomic E-state index is 12.1. The molecule has 0 aliphatic heterocycles. The van der Waals surface area contributed by atoms with E-state index in [9.17, 15) is 8.42 Å². The molecule has 0 bridgehead atoms. The SMILES string of the molecule is CCC(C(N)=S)S(=O)(=O)Nc1nc2ccccc2[nH]1. The number of fused-ring (bicyclic) bond motifs is 1. The number of aromatic amines is 1. The quantitative estimate of drug-likeness (QED) is 0.724. The van der Waals surface area contributed by atoms with Crippen molar-refractivity contribution in [1.29, 1.82) is 0 Å². The Morgan fingerprint density at radius 2 is 2.21 bits per heavy atom. The molecule has 0 fully saturated rings. The van der Waals surface area contributed by atoms with Gasteiger partial charge in [-0.2, -0.15) is 0 Å². The zero-order valence-corrected chi connectivity index (χ0v) is 11.9. The van der Waals surface area contributed by atoms with Crippen LogP contribution in [0.4, 0.5) is 5.95 Å². The Hall–Kier alpha value is -1.67. The van der Waals surface area contributed by atoms with E-state index < -0.39 is 15.3 Å². The average molecular weight is 298 g/mol. The minimum Gasteiger partial charge on any atom is -0.392 e. The van der Waals surface area contributed by atoms with Crippen molar-refractivity contribution in [3.8, 4) is 0 Å². The number of para-hydroxylation sites is 2. The smallest absolute Gasteiger partial charge is 0.244 e. The van der Waals surface area contributed by atoms with E-state index in [0.29, 0.717) is 11.9 Å². The second-order valence-corrected chi connectivity index (χ2v) is 6.38. The molecule has 102 valence electrons. The van der Waals surface area contributed by atoms with Crippen LogP contribution in [0.5, 0.6) is 0 Å². The first-order chi connectivity index (χ1) is 8.94. The summed E-state index contributed by atoms with van der Waals surface area (Å²) in [5.74, 6) is 0.163. The summed E-state index contributed by atoms with van der Waals surface area (Å²) in [4.78, 5) is 6.98. The van der Waals surface area contributed by atoms with Crippen LogP contribution >= 0.6 is 12.2 Å². The highest BCUT2D eigenvalue weighted by atomic mass is 32.2. The Labute approximate surface area is 116 Å². The van der Waals surface area contributed by atoms with Crippen LogP contribution in [0.15, 0.2) is 24.3 Å². The number of aromatic nitrogens is 2. The highest BCUT2D eigenvalue weighted by Gasteiger charge is 2.27. The molecule has 0 amide bonds. The third-order valence-corrected chi connectivity index (χ3v) is 4.94. The zero-order chi connectivity index (χ0) is 14.0. The molecule has 2 aromatic rings. The summed E-state index contributed by atoms with van der Waals surface area (Å²) < 4.78 is 26.6. The third-order valence-electron chi connectivity index (χ3n) is 2.69. The molecule has 1 heterocycles. The van der Waals surface area contributed by atoms with Gasteiger partial charge in [-0.15, -0.1) is 0 Å². The lowest BCUT2D eigenvalue weighted by Crippen LogP contribution is -2.37. The summed E-state index contributed by atoms with van der Waals surface area (Å²) in [5, 5.41) is -0.907. The van der Waals surface area contributed by atoms with E-state index in [1.807, 2.05) is 18.2 Å². The van der Waals surface area contributed by atoms with Crippen LogP contribution in [0.2, 0.25) is 0 Å². The summed E-state index contributed by atoms with van der Waals surface area (Å²) in [6, 6.07) is 7.26. The van der Waals surface area contributed by atoms with Gasteiger partial charge in [0, 0.05) is 0 Å². The lowest BCUT2D eigenvalue weighted by atomic mass is 10.3. The highest BCUT2D eigenvalue weighted by Crippen LogP contribution is 2.16. The first kappa shape index (κ1) is 13.8. The van der Waals surface area contributed by atoms with E-state index in [-0.39, 0.29) is 10.9 Å². The molecule has 0 spiro atoms. The summed E-state index contributed by atoms with van der Waals surface area (Å²) in [7, 11) is -3.68. The minimum absolute atomic E-state index is 0.0499. The number of nitrogens with zero attached hydrogens (tertiary/aromatic N) is 1. The van der Waals surface area contributed by atoms with Crippen LogP contribution in [0, 0.1) is 0 Å². The minimum atomic E-state index is -3.68. The van der Waals surface area contributed by atoms with E-state index in [4.69, 9.17) is 18.0 Å². The predicted molar refractivity (Wildman–Crippen MR) is 79.5 cm³/mol. The van der Waals surface area contributed by atoms with Gasteiger partial charge in [0.05, 0.1) is 16.0 Å². The van der Waals surface area contributed by atoms with Crippen molar-refractivity contribution in [2.75, 3.05) is 4.72 Å². The number of sulfonamides is 1. The number of imidazole rings is 1. The maximum Gasteiger partial charge on any atom is 0.244 e. The first-order valence-corrected chi connectivity index (χ1v) is 7.65. The number of hydrogen-bond acceptors (Lipinski definition) is 4. The van der Waals surface area contributed by atoms with Crippen molar-refractivity contribution in [1.82, 2.24) is 9.97 Å². The monoisotopic (exact) mass is 298 g/mol. The second kappa shape index (κ2) is 5.14. The molecule has 2 rings (SSSR count). The molecule has 0 aliphatic rings. The van der Waals surface area contributed by atoms with Crippen LogP contribution in [-0.2, 0) is 10.0 Å². The van der Waals surface area contributed by atoms with Crippen LogP contribution < -0.4 is 10.5 Å². The van der Waals surface area contributed by atoms with Gasteiger partial charge >= 0.3 is 0 Å². The number of nitrogens with two attached hydrogens (primary N) is 1. The Bertz CT molecular complexity index is 675. The molecular formula is C11H14N4O2S2. The van der Waals surface area contributed by atoms with Gasteiger partial charge in [-0.25, -0.2) is 13.4 Å². The number of rotatable bonds is 5. The maximum absolute atomic E-state index is 12.1. The van der Waals surface area contributed by atoms with Gasteiger partial charge in [0.15, 0.2) is 0 Å². The van der Waals surface area contributed by atoms with Crippen LogP contribution in [-0.4, -0.2) is 28.6 Å². The molecule has 0 saturated carbocycles. The molecule has 1 unspecified atom stereocenters. The molecular weight excluding hydrogens is 284 g/mol. The van der Waals surface area contributed by atoms with Crippen molar-refractivity contribution in [3.05, 3.63) is 24.3 Å². The van der Waals surface area contributed by atoms with E-state index in [1.54, 1.807) is 13.0 Å². The van der Waals surface area contributed by atoms with Gasteiger partial charge in [-0.3, -0.25) is 4.72 Å². The lowest BCUT2D eigenvalue weighted by Gasteiger charge is -2.14. The van der Waals surface area contributed by atoms with Crippen LogP contribution in [0.25, 0.3) is 11.0 Å². The summed E-state index contributed by atoms with van der Waals surface area (Å²) in [5.41, 5.74) is 6.88. The van der Waals surface area contributed by atoms with Crippen molar-refractivity contribution in [2.24, 2.45) is 5.73 Å². The molecule has 6 nitrogen and oxygen atoms in total. The molecule has 0 aliphatic carbocycles. The van der Waals surface area contributed by atoms with Gasteiger partial charge < -0.3 is 10.7 Å². The number of benzene rings is 1. The molecule has 1 aromatic heterocycles. The Kier molecular flexibility index (Phi) is 3.72. The third kappa shape index (κ3) is 2.85. The van der Waals surface area contributed by atoms with E-state index in [2.05, 4.69) is 14.7 Å². The molecule has 19 heavy (non-hydrogen) atoms. The Morgan fingerprint density at radius 1 is 1.53 bits per heavy atom. The van der Waals surface area contributed by atoms with Gasteiger partial charge in [-0.1, -0.05) is 31.3 Å². The summed E-state index contributed by atoms with van der Waals surface area (Å²) in [6.07, 6.45) is 0.310. The van der Waals surface area contributed by atoms with Crippen molar-refractivity contribution in [3.63, 3.8) is 0 Å². The number of nitrogens with one attached hydrogen (secondary N) is 2. The molecule has 1 aromatic carbocycles. The molecule has 0 saturated heterocycles. The first-order valence-electron chi connectivity index (χ1n) is 5.69. The summed E-state index contributed by atoms with van der Waals surface area (Å²) in [6.45, 7) is 1.71. The fourth-order valence-corrected chi connectivity index (χ4v) is 3.58. The Balaban J connectivity index is 2.31. The van der Waals surface area contributed by atoms with Crippen molar-refractivity contribution in [2.45, 2.75) is 18.6 Å². The van der Waals surface area contributed by atoms with Crippen LogP contribution in [0.1, 0.15) is 13.3 Å². The van der Waals surface area contributed by atoms with E-state index in [1.165, 1.54) is 0 Å². The molecule has 1 atom stereocenters. The normalized spacial score (nSPS) is 13.3. The largest absolute Gasteiger partial charge is 0.392 e. The zero-order valence-electron chi connectivity index (χ0n) is 10.3. The van der Waals surface area contributed by atoms with E-state index >= 15 is 0 Å². The lowest BCUT2D eigenvalue weighted by molar-refractivity contribution is 0.594. The van der Waals surface area contributed by atoms with Crippen molar-refractivity contribution < 1.29 is 8.42 Å². The number of H-pyrrole nitrogens is 1. The molecule has 4 N–H and O–H groups in total. The fraction of sp³-hybridized carbons (Fsp3) is 0.273. The van der Waals surface area contributed by atoms with Crippen molar-refractivity contribution >= 4 is 44.2 Å². The number of hydrogen-bond donors (Lipinski definition) is 3. The van der Waals surface area contributed by atoms with Gasteiger partial charge in [0.2, 0.25) is 16.0 Å².